The second-order valence-corrected chi connectivity index (χ2v) is 4.68. The lowest BCUT2D eigenvalue weighted by molar-refractivity contribution is -0.143. The van der Waals surface area contributed by atoms with Crippen molar-refractivity contribution in [1.82, 2.24) is 10.3 Å². The number of carbonyl (C=O) groups is 1. The number of carbonyl (C=O) groups excluding carboxylic acids is 1. The Morgan fingerprint density at radius 1 is 1.35 bits per heavy atom. The number of methoxy groups -OCH3 is 1. The van der Waals surface area contributed by atoms with Crippen molar-refractivity contribution in [3.8, 4) is 0 Å². The summed E-state index contributed by atoms with van der Waals surface area (Å²) in [5, 5.41) is 4.37. The summed E-state index contributed by atoms with van der Waals surface area (Å²) >= 11 is 0. The van der Waals surface area contributed by atoms with Gasteiger partial charge in [0.15, 0.2) is 0 Å². The van der Waals surface area contributed by atoms with Gasteiger partial charge in [-0.15, -0.1) is 0 Å². The molecule has 0 aliphatic carbocycles. The molecule has 1 aromatic heterocycles. The van der Waals surface area contributed by atoms with Gasteiger partial charge in [0.2, 0.25) is 0 Å². The van der Waals surface area contributed by atoms with Gasteiger partial charge < -0.3 is 10.1 Å². The second-order valence-electron chi connectivity index (χ2n) is 4.68. The first-order valence-corrected chi connectivity index (χ1v) is 6.90. The van der Waals surface area contributed by atoms with E-state index in [0.717, 1.165) is 30.3 Å². The van der Waals surface area contributed by atoms with E-state index in [1.54, 1.807) is 0 Å². The molecule has 0 amide bonds. The second kappa shape index (κ2) is 7.01. The van der Waals surface area contributed by atoms with E-state index in [1.165, 1.54) is 12.7 Å². The van der Waals surface area contributed by atoms with E-state index in [0.29, 0.717) is 0 Å². The van der Waals surface area contributed by atoms with E-state index in [-0.39, 0.29) is 12.0 Å². The third kappa shape index (κ3) is 3.33. The van der Waals surface area contributed by atoms with Crippen LogP contribution in [0.15, 0.2) is 36.5 Å². The van der Waals surface area contributed by atoms with Gasteiger partial charge >= 0.3 is 5.97 Å². The van der Waals surface area contributed by atoms with Crippen LogP contribution in [-0.4, -0.2) is 30.6 Å². The number of pyridine rings is 1. The highest BCUT2D eigenvalue weighted by Gasteiger charge is 2.15. The average molecular weight is 272 g/mol. The molecule has 0 bridgehead atoms. The number of esters is 1. The third-order valence-corrected chi connectivity index (χ3v) is 3.40. The lowest BCUT2D eigenvalue weighted by Crippen LogP contribution is -2.38. The summed E-state index contributed by atoms with van der Waals surface area (Å²) in [5.41, 5.74) is 2.22. The SMILES string of the molecule is CCC(NCCc1cccc2cccnc12)C(=O)OC. The van der Waals surface area contributed by atoms with Crippen molar-refractivity contribution >= 4 is 16.9 Å². The molecule has 0 saturated heterocycles. The fraction of sp³-hybridized carbons (Fsp3) is 0.375. The molecule has 0 fully saturated rings. The van der Waals surface area contributed by atoms with E-state index < -0.39 is 0 Å². The Labute approximate surface area is 119 Å². The zero-order valence-corrected chi connectivity index (χ0v) is 11.9. The van der Waals surface area contributed by atoms with Crippen molar-refractivity contribution in [2.24, 2.45) is 0 Å². The van der Waals surface area contributed by atoms with Crippen LogP contribution < -0.4 is 5.32 Å². The van der Waals surface area contributed by atoms with Crippen molar-refractivity contribution in [2.75, 3.05) is 13.7 Å². The molecule has 2 rings (SSSR count). The van der Waals surface area contributed by atoms with Crippen LogP contribution >= 0.6 is 0 Å². The predicted octanol–water partition coefficient (Wildman–Crippen LogP) is 2.32. The topological polar surface area (TPSA) is 51.2 Å². The normalized spacial score (nSPS) is 12.3. The van der Waals surface area contributed by atoms with Gasteiger partial charge in [0.05, 0.1) is 12.6 Å². The highest BCUT2D eigenvalue weighted by Crippen LogP contribution is 2.16. The molecule has 1 atom stereocenters. The number of nitrogens with zero attached hydrogens (tertiary/aromatic N) is 1. The number of hydrogen-bond donors (Lipinski definition) is 1. The Morgan fingerprint density at radius 3 is 2.90 bits per heavy atom. The van der Waals surface area contributed by atoms with Crippen LogP contribution in [0, 0.1) is 0 Å². The van der Waals surface area contributed by atoms with Gasteiger partial charge in [0.1, 0.15) is 6.04 Å². The van der Waals surface area contributed by atoms with Crippen LogP contribution in [0.2, 0.25) is 0 Å². The molecule has 1 aromatic carbocycles. The average Bonchev–Trinajstić information content (AvgIpc) is 2.51. The Morgan fingerprint density at radius 2 is 2.15 bits per heavy atom. The first kappa shape index (κ1) is 14.5. The summed E-state index contributed by atoms with van der Waals surface area (Å²) in [6, 6.07) is 9.94. The van der Waals surface area contributed by atoms with Crippen molar-refractivity contribution in [3.63, 3.8) is 0 Å². The zero-order chi connectivity index (χ0) is 14.4. The van der Waals surface area contributed by atoms with Gasteiger partial charge in [-0.3, -0.25) is 9.78 Å². The molecular formula is C16H20N2O2. The Bertz CT molecular complexity index is 578. The monoisotopic (exact) mass is 272 g/mol. The molecule has 20 heavy (non-hydrogen) atoms. The molecule has 1 heterocycles. The number of benzene rings is 1. The number of ether oxygens (including phenoxy) is 1. The first-order chi connectivity index (χ1) is 9.76. The van der Waals surface area contributed by atoms with Crippen molar-refractivity contribution < 1.29 is 9.53 Å². The number of rotatable bonds is 6. The number of para-hydroxylation sites is 1. The maximum atomic E-state index is 11.5. The van der Waals surface area contributed by atoms with E-state index in [4.69, 9.17) is 4.74 Å². The summed E-state index contributed by atoms with van der Waals surface area (Å²) in [6.07, 6.45) is 3.37. The predicted molar refractivity (Wildman–Crippen MR) is 79.5 cm³/mol. The molecule has 0 saturated carbocycles. The van der Waals surface area contributed by atoms with Crippen molar-refractivity contribution in [1.29, 1.82) is 0 Å². The van der Waals surface area contributed by atoms with Crippen LogP contribution in [0.5, 0.6) is 0 Å². The molecule has 106 valence electrons. The largest absolute Gasteiger partial charge is 0.468 e. The van der Waals surface area contributed by atoms with E-state index in [1.807, 2.05) is 25.3 Å². The van der Waals surface area contributed by atoms with Crippen LogP contribution in [0.25, 0.3) is 10.9 Å². The quantitative estimate of drug-likeness (QED) is 0.820. The summed E-state index contributed by atoms with van der Waals surface area (Å²) in [6.45, 7) is 2.69. The molecule has 1 N–H and O–H groups in total. The minimum absolute atomic E-state index is 0.205. The van der Waals surface area contributed by atoms with E-state index >= 15 is 0 Å². The molecule has 4 heteroatoms. The van der Waals surface area contributed by atoms with Crippen LogP contribution in [0.3, 0.4) is 0 Å². The van der Waals surface area contributed by atoms with Gasteiger partial charge in [-0.2, -0.15) is 0 Å². The summed E-state index contributed by atoms with van der Waals surface area (Å²) in [4.78, 5) is 15.9. The number of hydrogen-bond acceptors (Lipinski definition) is 4. The number of fused-ring (bicyclic) bond motifs is 1. The zero-order valence-electron chi connectivity index (χ0n) is 11.9. The van der Waals surface area contributed by atoms with Crippen molar-refractivity contribution in [2.45, 2.75) is 25.8 Å². The van der Waals surface area contributed by atoms with E-state index in [9.17, 15) is 4.79 Å². The highest BCUT2D eigenvalue weighted by molar-refractivity contribution is 5.81. The fourth-order valence-corrected chi connectivity index (χ4v) is 2.29. The van der Waals surface area contributed by atoms with Crippen LogP contribution in [0.4, 0.5) is 0 Å². The number of aromatic nitrogens is 1. The lowest BCUT2D eigenvalue weighted by atomic mass is 10.1. The summed E-state index contributed by atoms with van der Waals surface area (Å²) in [5.74, 6) is -0.205. The minimum atomic E-state index is -0.233. The molecular weight excluding hydrogens is 252 g/mol. The van der Waals surface area contributed by atoms with Gasteiger partial charge in [0.25, 0.3) is 0 Å². The molecule has 4 nitrogen and oxygen atoms in total. The molecule has 0 aliphatic rings. The molecule has 0 aliphatic heterocycles. The van der Waals surface area contributed by atoms with E-state index in [2.05, 4.69) is 28.5 Å². The molecule has 2 aromatic rings. The summed E-state index contributed by atoms with van der Waals surface area (Å²) < 4.78 is 4.76. The molecule has 1 unspecified atom stereocenters. The van der Waals surface area contributed by atoms with Gasteiger partial charge in [0, 0.05) is 18.1 Å². The van der Waals surface area contributed by atoms with Gasteiger partial charge in [-0.05, 0) is 24.5 Å². The highest BCUT2D eigenvalue weighted by atomic mass is 16.5. The fourth-order valence-electron chi connectivity index (χ4n) is 2.29. The van der Waals surface area contributed by atoms with Crippen LogP contribution in [-0.2, 0) is 16.0 Å². The molecule has 0 spiro atoms. The van der Waals surface area contributed by atoms with Crippen LogP contribution in [0.1, 0.15) is 18.9 Å². The maximum absolute atomic E-state index is 11.5. The number of nitrogens with one attached hydrogen (secondary N) is 1. The van der Waals surface area contributed by atoms with Gasteiger partial charge in [-0.1, -0.05) is 31.2 Å². The van der Waals surface area contributed by atoms with Crippen molar-refractivity contribution in [3.05, 3.63) is 42.1 Å². The molecule has 0 radical (unpaired) electrons. The Kier molecular flexibility index (Phi) is 5.07. The van der Waals surface area contributed by atoms with Gasteiger partial charge in [-0.25, -0.2) is 0 Å². The third-order valence-electron chi connectivity index (χ3n) is 3.40. The minimum Gasteiger partial charge on any atom is -0.468 e. The summed E-state index contributed by atoms with van der Waals surface area (Å²) in [7, 11) is 1.42. The standard InChI is InChI=1S/C16H20N2O2/c1-3-14(16(19)20-2)17-11-9-13-7-4-6-12-8-5-10-18-15(12)13/h4-8,10,14,17H,3,9,11H2,1-2H3. The lowest BCUT2D eigenvalue weighted by Gasteiger charge is -2.14. The first-order valence-electron chi connectivity index (χ1n) is 6.90. The Balaban J connectivity index is 2.01. The maximum Gasteiger partial charge on any atom is 0.322 e. The Hall–Kier alpha value is -1.94. The smallest absolute Gasteiger partial charge is 0.322 e.